The number of carbonyl (C=O) groups is 1. The van der Waals surface area contributed by atoms with Crippen LogP contribution in [0.4, 0.5) is 26.0 Å². The molecule has 0 radical (unpaired) electrons. The summed E-state index contributed by atoms with van der Waals surface area (Å²) in [7, 11) is 0. The van der Waals surface area contributed by atoms with Gasteiger partial charge in [-0.05, 0) is 101 Å². The third kappa shape index (κ3) is 5.01. The van der Waals surface area contributed by atoms with Gasteiger partial charge in [0.2, 0.25) is 17.8 Å². The maximum absolute atomic E-state index is 14.7. The number of anilines is 3. The van der Waals surface area contributed by atoms with Crippen LogP contribution in [0.15, 0.2) is 42.7 Å². The summed E-state index contributed by atoms with van der Waals surface area (Å²) < 4.78 is 30.3. The molecule has 4 aliphatic rings. The van der Waals surface area contributed by atoms with Gasteiger partial charge in [-0.1, -0.05) is 26.0 Å². The van der Waals surface area contributed by atoms with Crippen molar-refractivity contribution >= 4 is 34.1 Å². The van der Waals surface area contributed by atoms with E-state index in [1.807, 2.05) is 30.5 Å². The number of aromatic nitrogens is 4. The Morgan fingerprint density at radius 1 is 1.00 bits per heavy atom. The van der Waals surface area contributed by atoms with E-state index < -0.39 is 17.3 Å². The van der Waals surface area contributed by atoms with Gasteiger partial charge in [0.15, 0.2) is 5.82 Å². The first-order chi connectivity index (χ1) is 22.5. The highest BCUT2D eigenvalue weighted by Crippen LogP contribution is 2.52. The molecule has 4 aromatic rings. The Kier molecular flexibility index (Phi) is 7.14. The van der Waals surface area contributed by atoms with E-state index in [0.29, 0.717) is 34.0 Å². The third-order valence-electron chi connectivity index (χ3n) is 11.0. The maximum Gasteiger partial charge on any atom is 0.239 e. The van der Waals surface area contributed by atoms with E-state index in [-0.39, 0.29) is 23.7 Å². The Morgan fingerprint density at radius 3 is 2.49 bits per heavy atom. The van der Waals surface area contributed by atoms with Crippen LogP contribution < -0.4 is 15.5 Å². The minimum atomic E-state index is -0.948. The summed E-state index contributed by atoms with van der Waals surface area (Å²) in [5, 5.41) is 6.52. The molecule has 1 spiro atoms. The van der Waals surface area contributed by atoms with E-state index in [2.05, 4.69) is 56.4 Å². The highest BCUT2D eigenvalue weighted by molar-refractivity contribution is 6.09. The molecule has 0 atom stereocenters. The molecule has 9 nitrogen and oxygen atoms in total. The van der Waals surface area contributed by atoms with E-state index in [4.69, 9.17) is 4.98 Å². The van der Waals surface area contributed by atoms with Crippen molar-refractivity contribution in [1.29, 1.82) is 0 Å². The summed E-state index contributed by atoms with van der Waals surface area (Å²) in [5.41, 5.74) is 4.87. The molecule has 3 aromatic heterocycles. The van der Waals surface area contributed by atoms with Crippen molar-refractivity contribution in [1.82, 2.24) is 29.7 Å². The van der Waals surface area contributed by atoms with Crippen LogP contribution in [0.25, 0.3) is 22.3 Å². The van der Waals surface area contributed by atoms with E-state index >= 15 is 0 Å². The average Bonchev–Trinajstić information content (AvgIpc) is 3.68. The number of rotatable bonds is 6. The molecular weight excluding hydrogens is 598 g/mol. The van der Waals surface area contributed by atoms with Crippen molar-refractivity contribution in [2.24, 2.45) is 5.41 Å². The number of piperidine rings is 1. The summed E-state index contributed by atoms with van der Waals surface area (Å²) in [5.74, 6) is -1.21. The van der Waals surface area contributed by atoms with E-state index in [9.17, 15) is 13.6 Å². The SMILES string of the molecule is CC(C)n1cnc2cc(-c3ccc4c(c3)N(C3CC(N5CCC(C)(C)C5)C3)C(=O)C43CCNCC3)nc(Nc3ccc(F)nc3F)c21. The van der Waals surface area contributed by atoms with Crippen molar-refractivity contribution < 1.29 is 13.6 Å². The summed E-state index contributed by atoms with van der Waals surface area (Å²) in [6.07, 6.45) is 6.52. The van der Waals surface area contributed by atoms with Crippen LogP contribution in [0.1, 0.15) is 71.4 Å². The van der Waals surface area contributed by atoms with Gasteiger partial charge in [-0.25, -0.2) is 9.97 Å². The zero-order chi connectivity index (χ0) is 32.7. The second-order valence-electron chi connectivity index (χ2n) is 15.0. The molecule has 1 aliphatic carbocycles. The average molecular weight is 641 g/mol. The molecule has 2 N–H and O–H groups in total. The molecule has 8 rings (SSSR count). The van der Waals surface area contributed by atoms with Crippen LogP contribution in [0.3, 0.4) is 0 Å². The number of fused-ring (bicyclic) bond motifs is 3. The van der Waals surface area contributed by atoms with Gasteiger partial charge in [-0.2, -0.15) is 13.8 Å². The number of nitrogens with one attached hydrogen (secondary N) is 2. The van der Waals surface area contributed by atoms with Gasteiger partial charge in [0.05, 0.1) is 28.6 Å². The van der Waals surface area contributed by atoms with E-state index in [1.165, 1.54) is 12.5 Å². The van der Waals surface area contributed by atoms with Gasteiger partial charge in [-0.3, -0.25) is 9.69 Å². The number of imidazole rings is 1. The van der Waals surface area contributed by atoms with E-state index in [1.54, 1.807) is 6.33 Å². The number of carbonyl (C=O) groups excluding carboxylic acids is 1. The largest absolute Gasteiger partial charge is 0.335 e. The van der Waals surface area contributed by atoms with Gasteiger partial charge >= 0.3 is 0 Å². The monoisotopic (exact) mass is 640 g/mol. The van der Waals surface area contributed by atoms with Gasteiger partial charge < -0.3 is 20.1 Å². The number of hydrogen-bond donors (Lipinski definition) is 2. The van der Waals surface area contributed by atoms with E-state index in [0.717, 1.165) is 74.7 Å². The number of hydrogen-bond acceptors (Lipinski definition) is 7. The van der Waals surface area contributed by atoms with Crippen LogP contribution in [-0.4, -0.2) is 68.6 Å². The second-order valence-corrected chi connectivity index (χ2v) is 15.0. The Morgan fingerprint density at radius 2 is 1.79 bits per heavy atom. The Balaban J connectivity index is 1.19. The number of nitrogens with zero attached hydrogens (tertiary/aromatic N) is 6. The minimum absolute atomic E-state index is 0.0216. The molecule has 0 unspecified atom stereocenters. The van der Waals surface area contributed by atoms with Crippen LogP contribution in [0.5, 0.6) is 0 Å². The fourth-order valence-electron chi connectivity index (χ4n) is 8.30. The lowest BCUT2D eigenvalue weighted by molar-refractivity contribution is -0.125. The van der Waals surface area contributed by atoms with Gasteiger partial charge in [0.25, 0.3) is 0 Å². The van der Waals surface area contributed by atoms with Crippen LogP contribution in [0, 0.1) is 17.3 Å². The highest BCUT2D eigenvalue weighted by atomic mass is 19.1. The quantitative estimate of drug-likeness (QED) is 0.238. The molecule has 2 saturated heterocycles. The number of halogens is 2. The smallest absolute Gasteiger partial charge is 0.239 e. The van der Waals surface area contributed by atoms with Gasteiger partial charge in [0, 0.05) is 35.9 Å². The molecule has 1 aromatic carbocycles. The second kappa shape index (κ2) is 11.1. The van der Waals surface area contributed by atoms with Crippen molar-refractivity contribution in [3.8, 4) is 11.3 Å². The molecule has 1 saturated carbocycles. The van der Waals surface area contributed by atoms with Gasteiger partial charge in [0.1, 0.15) is 5.52 Å². The number of benzene rings is 1. The Labute approximate surface area is 273 Å². The zero-order valence-electron chi connectivity index (χ0n) is 27.5. The highest BCUT2D eigenvalue weighted by Gasteiger charge is 2.55. The van der Waals surface area contributed by atoms with Crippen molar-refractivity contribution in [2.75, 3.05) is 36.4 Å². The predicted molar refractivity (Wildman–Crippen MR) is 179 cm³/mol. The molecule has 1 amide bonds. The lowest BCUT2D eigenvalue weighted by atomic mass is 9.74. The Bertz CT molecular complexity index is 1870. The molecule has 246 valence electrons. The first kappa shape index (κ1) is 30.4. The molecule has 11 heteroatoms. The molecular formula is C36H42F2N8O. The first-order valence-corrected chi connectivity index (χ1v) is 16.9. The fourth-order valence-corrected chi connectivity index (χ4v) is 8.30. The normalized spacial score (nSPS) is 23.6. The summed E-state index contributed by atoms with van der Waals surface area (Å²) in [6, 6.07) is 11.4. The van der Waals surface area contributed by atoms with Crippen LogP contribution in [0.2, 0.25) is 0 Å². The standard InChI is InChI=1S/C36H42F2N8O/c1-21(2)45-20-40-28-18-27(42-33(31(28)45)41-26-7-8-30(37)43-32(26)38)22-5-6-25-29(15-22)46(34(47)36(25)9-12-39-13-10-36)24-16-23(17-24)44-14-11-35(3,4)19-44/h5-8,15,18,20-21,23-24,39H,9-14,16-17,19H2,1-4H3,(H,41,42). The zero-order valence-corrected chi connectivity index (χ0v) is 27.5. The molecule has 0 bridgehead atoms. The minimum Gasteiger partial charge on any atom is -0.335 e. The predicted octanol–water partition coefficient (Wildman–Crippen LogP) is 6.33. The van der Waals surface area contributed by atoms with Crippen molar-refractivity contribution in [3.05, 3.63) is 60.2 Å². The molecule has 47 heavy (non-hydrogen) atoms. The van der Waals surface area contributed by atoms with Crippen molar-refractivity contribution in [2.45, 2.75) is 83.3 Å². The summed E-state index contributed by atoms with van der Waals surface area (Å²) in [4.78, 5) is 32.2. The van der Waals surface area contributed by atoms with Crippen molar-refractivity contribution in [3.63, 3.8) is 0 Å². The van der Waals surface area contributed by atoms with Crippen LogP contribution in [-0.2, 0) is 10.2 Å². The number of amides is 1. The first-order valence-electron chi connectivity index (χ1n) is 16.9. The third-order valence-corrected chi connectivity index (χ3v) is 11.0. The molecule has 3 fully saturated rings. The fraction of sp³-hybridized carbons (Fsp3) is 0.500. The summed E-state index contributed by atoms with van der Waals surface area (Å²) in [6.45, 7) is 12.6. The molecule has 6 heterocycles. The Hall–Kier alpha value is -3.96. The summed E-state index contributed by atoms with van der Waals surface area (Å²) >= 11 is 0. The lowest BCUT2D eigenvalue weighted by Crippen LogP contribution is -2.57. The van der Waals surface area contributed by atoms with Crippen LogP contribution >= 0.6 is 0 Å². The topological polar surface area (TPSA) is 91.2 Å². The molecule has 3 aliphatic heterocycles. The van der Waals surface area contributed by atoms with Gasteiger partial charge in [-0.15, -0.1) is 0 Å². The number of likely N-dealkylation sites (tertiary alicyclic amines) is 1. The maximum atomic E-state index is 14.7. The lowest BCUT2D eigenvalue weighted by Gasteiger charge is -2.46. The number of pyridine rings is 2.